The van der Waals surface area contributed by atoms with Gasteiger partial charge in [-0.2, -0.15) is 0 Å². The van der Waals surface area contributed by atoms with Gasteiger partial charge in [-0.25, -0.2) is 0 Å². The normalized spacial score (nSPS) is 13.7. The van der Waals surface area contributed by atoms with E-state index < -0.39 is 24.7 Å². The van der Waals surface area contributed by atoms with Crippen molar-refractivity contribution in [2.75, 3.05) is 0 Å². The minimum absolute atomic E-state index is 0.138. The summed E-state index contributed by atoms with van der Waals surface area (Å²) in [5.74, 6) is 2.18. The SMILES string of the molecule is CC(C)(C)c1cc([Si](c2ccccc2)(c2ccccc2)c2cc(C(C)(C)C)c(O[Si](C)(C)C)c(C(C)(C)C)c2)cc(C(C)(C)C)c1O[Si](C)(C)C. The van der Waals surface area contributed by atoms with E-state index in [0.717, 1.165) is 11.5 Å². The Hall–Kier alpha value is -2.87. The van der Waals surface area contributed by atoms with Crippen LogP contribution in [-0.4, -0.2) is 24.7 Å². The van der Waals surface area contributed by atoms with E-state index in [4.69, 9.17) is 8.85 Å². The fourth-order valence-corrected chi connectivity index (χ4v) is 13.6. The summed E-state index contributed by atoms with van der Waals surface area (Å²) < 4.78 is 14.3. The minimum Gasteiger partial charge on any atom is -0.544 e. The summed E-state index contributed by atoms with van der Waals surface area (Å²) in [6.45, 7) is 42.0. The van der Waals surface area contributed by atoms with Crippen LogP contribution in [0.1, 0.15) is 105 Å². The van der Waals surface area contributed by atoms with Crippen LogP contribution in [0, 0.1) is 0 Å². The Morgan fingerprint density at radius 2 is 0.588 bits per heavy atom. The fraction of sp³-hybridized carbons (Fsp3) is 0.478. The molecule has 0 bridgehead atoms. The Morgan fingerprint density at radius 3 is 0.784 bits per heavy atom. The van der Waals surface area contributed by atoms with Crippen LogP contribution < -0.4 is 29.6 Å². The first-order valence-electron chi connectivity index (χ1n) is 18.9. The molecule has 4 aromatic rings. The second-order valence-electron chi connectivity index (χ2n) is 20.7. The van der Waals surface area contributed by atoms with Crippen LogP contribution in [0.3, 0.4) is 0 Å². The number of hydrogen-bond acceptors (Lipinski definition) is 2. The fourth-order valence-electron chi connectivity index (χ4n) is 7.13. The molecule has 5 heteroatoms. The molecule has 51 heavy (non-hydrogen) atoms. The third-order valence-corrected chi connectivity index (χ3v) is 15.8. The molecule has 0 unspecified atom stereocenters. The first-order chi connectivity index (χ1) is 23.1. The molecule has 0 amide bonds. The molecule has 0 radical (unpaired) electrons. The van der Waals surface area contributed by atoms with Crippen LogP contribution in [0.5, 0.6) is 11.5 Å². The molecule has 0 aliphatic carbocycles. The Bertz CT molecular complexity index is 1610. The molecule has 276 valence electrons. The minimum atomic E-state index is -2.99. The van der Waals surface area contributed by atoms with Crippen LogP contribution in [-0.2, 0) is 21.7 Å². The van der Waals surface area contributed by atoms with Gasteiger partial charge in [0.05, 0.1) is 0 Å². The van der Waals surface area contributed by atoms with Gasteiger partial charge in [0.15, 0.2) is 8.07 Å². The third-order valence-electron chi connectivity index (χ3n) is 9.51. The highest BCUT2D eigenvalue weighted by Crippen LogP contribution is 2.43. The predicted octanol–water partition coefficient (Wildman–Crippen LogP) is 10.7. The highest BCUT2D eigenvalue weighted by Gasteiger charge is 2.46. The van der Waals surface area contributed by atoms with E-state index in [1.807, 2.05) is 0 Å². The summed E-state index contributed by atoms with van der Waals surface area (Å²) in [7, 11) is -6.90. The summed E-state index contributed by atoms with van der Waals surface area (Å²) in [5.41, 5.74) is 4.62. The molecule has 0 N–H and O–H groups in total. The van der Waals surface area contributed by atoms with E-state index in [0.29, 0.717) is 0 Å². The van der Waals surface area contributed by atoms with E-state index in [1.54, 1.807) is 0 Å². The first kappa shape index (κ1) is 40.9. The summed E-state index contributed by atoms with van der Waals surface area (Å²) in [6.07, 6.45) is 0. The maximum atomic E-state index is 7.13. The molecule has 0 fully saturated rings. The van der Waals surface area contributed by atoms with E-state index >= 15 is 0 Å². The molecule has 0 aliphatic heterocycles. The van der Waals surface area contributed by atoms with Crippen molar-refractivity contribution in [3.63, 3.8) is 0 Å². The standard InChI is InChI=1S/C46H68O2Si3/c1-43(2,3)37-29-35(30-38(44(4,5)6)41(37)47-49(13,14)15)51(33-25-21-19-22-26-33,34-27-23-20-24-28-34)36-31-39(45(7,8)9)42(48-50(16,17)18)40(32-36)46(10,11)12/h19-32H,1-18H3. The lowest BCUT2D eigenvalue weighted by Crippen LogP contribution is -2.75. The number of rotatable bonds is 8. The maximum Gasteiger partial charge on any atom is 0.242 e. The zero-order chi connectivity index (χ0) is 38.6. The van der Waals surface area contributed by atoms with E-state index in [9.17, 15) is 0 Å². The molecule has 0 saturated carbocycles. The first-order valence-corrected chi connectivity index (χ1v) is 27.8. The van der Waals surface area contributed by atoms with Crippen LogP contribution in [0.2, 0.25) is 39.3 Å². The van der Waals surface area contributed by atoms with Crippen molar-refractivity contribution in [2.45, 2.75) is 144 Å². The lowest BCUT2D eigenvalue weighted by Gasteiger charge is -2.41. The summed E-state index contributed by atoms with van der Waals surface area (Å²) in [4.78, 5) is 0. The molecule has 0 aliphatic rings. The van der Waals surface area contributed by atoms with Gasteiger partial charge in [-0.15, -0.1) is 0 Å². The van der Waals surface area contributed by atoms with E-state index in [1.165, 1.54) is 43.0 Å². The molecule has 0 spiro atoms. The summed E-state index contributed by atoms with van der Waals surface area (Å²) in [5, 5.41) is 5.56. The van der Waals surface area contributed by atoms with Crippen molar-refractivity contribution in [3.05, 3.63) is 107 Å². The highest BCUT2D eigenvalue weighted by molar-refractivity contribution is 7.20. The predicted molar refractivity (Wildman–Crippen MR) is 233 cm³/mol. The Morgan fingerprint density at radius 1 is 0.353 bits per heavy atom. The largest absolute Gasteiger partial charge is 0.544 e. The molecule has 0 saturated heterocycles. The van der Waals surface area contributed by atoms with Crippen molar-refractivity contribution in [1.82, 2.24) is 0 Å². The van der Waals surface area contributed by atoms with Gasteiger partial charge < -0.3 is 8.85 Å². The van der Waals surface area contributed by atoms with Crippen LogP contribution in [0.15, 0.2) is 84.9 Å². The highest BCUT2D eigenvalue weighted by atomic mass is 28.4. The van der Waals surface area contributed by atoms with Gasteiger partial charge in [0.2, 0.25) is 16.6 Å². The maximum absolute atomic E-state index is 7.13. The quantitative estimate of drug-likeness (QED) is 0.132. The van der Waals surface area contributed by atoms with Crippen LogP contribution in [0.4, 0.5) is 0 Å². The van der Waals surface area contributed by atoms with Crippen molar-refractivity contribution in [1.29, 1.82) is 0 Å². The summed E-state index contributed by atoms with van der Waals surface area (Å²) >= 11 is 0. The van der Waals surface area contributed by atoms with Crippen molar-refractivity contribution < 1.29 is 8.85 Å². The molecule has 4 aromatic carbocycles. The molecular weight excluding hydrogens is 669 g/mol. The Labute approximate surface area is 315 Å². The van der Waals surface area contributed by atoms with Gasteiger partial charge in [0.1, 0.15) is 11.5 Å². The smallest absolute Gasteiger partial charge is 0.242 e. The molecule has 0 heterocycles. The molecular formula is C46H68O2Si3. The monoisotopic (exact) mass is 736 g/mol. The average molecular weight is 737 g/mol. The lowest BCUT2D eigenvalue weighted by atomic mass is 9.79. The Kier molecular flexibility index (Phi) is 11.1. The topological polar surface area (TPSA) is 18.5 Å². The summed E-state index contributed by atoms with van der Waals surface area (Å²) in [6, 6.07) is 33.0. The molecule has 0 atom stereocenters. The zero-order valence-corrected chi connectivity index (χ0v) is 38.4. The van der Waals surface area contributed by atoms with Gasteiger partial charge in [0.25, 0.3) is 0 Å². The number of hydrogen-bond donors (Lipinski definition) is 0. The zero-order valence-electron chi connectivity index (χ0n) is 35.4. The lowest BCUT2D eigenvalue weighted by molar-refractivity contribution is 0.477. The number of benzene rings is 4. The molecule has 0 aromatic heterocycles. The second kappa shape index (κ2) is 13.8. The van der Waals surface area contributed by atoms with Crippen LogP contribution in [0.25, 0.3) is 0 Å². The average Bonchev–Trinajstić information content (AvgIpc) is 2.95. The van der Waals surface area contributed by atoms with Gasteiger partial charge >= 0.3 is 0 Å². The molecule has 4 rings (SSSR count). The van der Waals surface area contributed by atoms with Crippen LogP contribution >= 0.6 is 0 Å². The third kappa shape index (κ3) is 9.03. The van der Waals surface area contributed by atoms with Crippen molar-refractivity contribution in [3.8, 4) is 11.5 Å². The second-order valence-corrected chi connectivity index (χ2v) is 33.4. The van der Waals surface area contributed by atoms with Crippen molar-refractivity contribution >= 4 is 45.5 Å². The van der Waals surface area contributed by atoms with E-state index in [-0.39, 0.29) is 21.7 Å². The van der Waals surface area contributed by atoms with Gasteiger partial charge in [-0.3, -0.25) is 0 Å². The van der Waals surface area contributed by atoms with Gasteiger partial charge in [0, 0.05) is 0 Å². The van der Waals surface area contributed by atoms with E-state index in [2.05, 4.69) is 207 Å². The van der Waals surface area contributed by atoms with Gasteiger partial charge in [-0.05, 0) is 104 Å². The Balaban J connectivity index is 2.41. The van der Waals surface area contributed by atoms with Crippen molar-refractivity contribution in [2.24, 2.45) is 0 Å². The van der Waals surface area contributed by atoms with Gasteiger partial charge in [-0.1, -0.05) is 168 Å². The molecule has 2 nitrogen and oxygen atoms in total.